The smallest absolute Gasteiger partial charge is 0.305 e. The van der Waals surface area contributed by atoms with Crippen LogP contribution in [0.25, 0.3) is 21.3 Å². The number of thiazole rings is 1. The van der Waals surface area contributed by atoms with Crippen LogP contribution in [0, 0.1) is 0 Å². The van der Waals surface area contributed by atoms with Crippen molar-refractivity contribution in [1.82, 2.24) is 24.8 Å². The predicted molar refractivity (Wildman–Crippen MR) is 111 cm³/mol. The van der Waals surface area contributed by atoms with Crippen LogP contribution >= 0.6 is 11.3 Å². The van der Waals surface area contributed by atoms with Crippen molar-refractivity contribution in [2.45, 2.75) is 13.0 Å². The lowest BCUT2D eigenvalue weighted by molar-refractivity contribution is 0.00332. The molecule has 1 aliphatic heterocycles. The van der Waals surface area contributed by atoms with Crippen molar-refractivity contribution in [1.29, 1.82) is 0 Å². The van der Waals surface area contributed by atoms with Gasteiger partial charge in [0.1, 0.15) is 23.5 Å². The zero-order valence-electron chi connectivity index (χ0n) is 15.6. The number of benzene rings is 1. The number of amides is 1. The van der Waals surface area contributed by atoms with Gasteiger partial charge in [0.05, 0.1) is 34.9 Å². The summed E-state index contributed by atoms with van der Waals surface area (Å²) in [6.07, 6.45) is 1.44. The number of hydrogen-bond donors (Lipinski definition) is 3. The molecule has 3 N–H and O–H groups in total. The molecule has 9 nitrogen and oxygen atoms in total. The van der Waals surface area contributed by atoms with Crippen molar-refractivity contribution in [3.8, 4) is 0 Å². The van der Waals surface area contributed by atoms with E-state index in [9.17, 15) is 9.59 Å². The SMILES string of the molecule is C[C@H]1COCCN1C(=O)c1cc2c(Nc3ccc4[nH]c(=O)sc4c3)ncnc2[nH]1. The highest BCUT2D eigenvalue weighted by Crippen LogP contribution is 2.27. The molecule has 0 unspecified atom stereocenters. The Balaban J connectivity index is 1.48. The number of ether oxygens (including phenoxy) is 1. The third kappa shape index (κ3) is 3.26. The number of H-pyrrole nitrogens is 2. The maximum absolute atomic E-state index is 12.9. The molecule has 3 aromatic heterocycles. The Bertz CT molecular complexity index is 1280. The molecule has 4 heterocycles. The normalized spacial score (nSPS) is 17.1. The number of nitrogens with zero attached hydrogens (tertiary/aromatic N) is 3. The number of morpholine rings is 1. The van der Waals surface area contributed by atoms with Gasteiger partial charge in [-0.3, -0.25) is 9.59 Å². The number of carbonyl (C=O) groups excluding carboxylic acids is 1. The molecule has 1 fully saturated rings. The van der Waals surface area contributed by atoms with E-state index in [0.29, 0.717) is 36.9 Å². The van der Waals surface area contributed by atoms with Crippen LogP contribution in [0.2, 0.25) is 0 Å². The number of rotatable bonds is 3. The minimum Gasteiger partial charge on any atom is -0.377 e. The molecule has 0 radical (unpaired) electrons. The van der Waals surface area contributed by atoms with Crippen molar-refractivity contribution < 1.29 is 9.53 Å². The van der Waals surface area contributed by atoms with E-state index in [-0.39, 0.29) is 16.8 Å². The second-order valence-corrected chi connectivity index (χ2v) is 7.96. The first kappa shape index (κ1) is 17.8. The van der Waals surface area contributed by atoms with Crippen LogP contribution in [0.5, 0.6) is 0 Å². The zero-order chi connectivity index (χ0) is 20.0. The summed E-state index contributed by atoms with van der Waals surface area (Å²) in [5.41, 5.74) is 2.65. The molecular formula is C19H18N6O3S. The average Bonchev–Trinajstić information content (AvgIpc) is 3.31. The largest absolute Gasteiger partial charge is 0.377 e. The monoisotopic (exact) mass is 410 g/mol. The number of carbonyl (C=O) groups is 1. The van der Waals surface area contributed by atoms with Gasteiger partial charge in [0.2, 0.25) is 0 Å². The van der Waals surface area contributed by atoms with Gasteiger partial charge in [-0.05, 0) is 31.2 Å². The second-order valence-electron chi connectivity index (χ2n) is 6.94. The first-order chi connectivity index (χ1) is 14.1. The van der Waals surface area contributed by atoms with Crippen LogP contribution in [0.1, 0.15) is 17.4 Å². The predicted octanol–water partition coefficient (Wildman–Crippen LogP) is 2.47. The number of nitrogens with one attached hydrogen (secondary N) is 3. The van der Waals surface area contributed by atoms with Crippen LogP contribution in [-0.4, -0.2) is 56.5 Å². The van der Waals surface area contributed by atoms with Gasteiger partial charge in [-0.2, -0.15) is 0 Å². The quantitative estimate of drug-likeness (QED) is 0.478. The molecule has 1 aromatic carbocycles. The van der Waals surface area contributed by atoms with Gasteiger partial charge in [0.15, 0.2) is 0 Å². The van der Waals surface area contributed by atoms with Gasteiger partial charge < -0.3 is 24.9 Å². The maximum atomic E-state index is 12.9. The van der Waals surface area contributed by atoms with Gasteiger partial charge >= 0.3 is 4.87 Å². The minimum atomic E-state index is -0.0901. The maximum Gasteiger partial charge on any atom is 0.305 e. The summed E-state index contributed by atoms with van der Waals surface area (Å²) < 4.78 is 6.28. The standard InChI is InChI=1S/C19H18N6O3S/c1-10-8-28-5-4-25(10)18(26)14-7-12-16(20-9-21-17(12)23-14)22-11-2-3-13-15(6-11)29-19(27)24-13/h2-3,6-7,9-10H,4-5,8H2,1H3,(H,24,27)(H2,20,21,22,23)/t10-/m0/s1. The molecule has 1 atom stereocenters. The molecule has 0 aliphatic carbocycles. The van der Waals surface area contributed by atoms with E-state index in [0.717, 1.165) is 32.6 Å². The Hall–Kier alpha value is -3.24. The highest BCUT2D eigenvalue weighted by molar-refractivity contribution is 7.16. The number of aromatic nitrogens is 4. The summed E-state index contributed by atoms with van der Waals surface area (Å²) in [7, 11) is 0. The molecule has 1 saturated heterocycles. The lowest BCUT2D eigenvalue weighted by Gasteiger charge is -2.32. The molecule has 29 heavy (non-hydrogen) atoms. The fourth-order valence-electron chi connectivity index (χ4n) is 3.50. The number of hydrogen-bond acceptors (Lipinski definition) is 7. The molecule has 0 spiro atoms. The van der Waals surface area contributed by atoms with Crippen LogP contribution in [0.4, 0.5) is 11.5 Å². The fraction of sp³-hybridized carbons (Fsp3) is 0.263. The summed E-state index contributed by atoms with van der Waals surface area (Å²) in [6.45, 7) is 3.60. The minimum absolute atomic E-state index is 0.0200. The molecule has 4 aromatic rings. The summed E-state index contributed by atoms with van der Waals surface area (Å²) in [4.78, 5) is 40.7. The Morgan fingerprint density at radius 2 is 2.21 bits per heavy atom. The Kier molecular flexibility index (Phi) is 4.29. The third-order valence-corrected chi connectivity index (χ3v) is 5.81. The first-order valence-electron chi connectivity index (χ1n) is 9.21. The molecule has 148 valence electrons. The van der Waals surface area contributed by atoms with Gasteiger partial charge in [-0.1, -0.05) is 11.3 Å². The number of anilines is 2. The molecule has 10 heteroatoms. The summed E-state index contributed by atoms with van der Waals surface area (Å²) >= 11 is 1.15. The highest BCUT2D eigenvalue weighted by Gasteiger charge is 2.26. The van der Waals surface area contributed by atoms with E-state index in [1.165, 1.54) is 6.33 Å². The Labute approximate surface area is 168 Å². The van der Waals surface area contributed by atoms with Crippen LogP contribution in [0.15, 0.2) is 35.4 Å². The molecule has 1 aliphatic rings. The second kappa shape index (κ2) is 6.98. The summed E-state index contributed by atoms with van der Waals surface area (Å²) in [5.74, 6) is 0.505. The lowest BCUT2D eigenvalue weighted by atomic mass is 10.2. The van der Waals surface area contributed by atoms with Crippen molar-refractivity contribution >= 4 is 50.0 Å². The highest BCUT2D eigenvalue weighted by atomic mass is 32.1. The summed E-state index contributed by atoms with van der Waals surface area (Å²) in [6, 6.07) is 7.40. The molecule has 0 saturated carbocycles. The Morgan fingerprint density at radius 3 is 3.07 bits per heavy atom. The van der Waals surface area contributed by atoms with Gasteiger partial charge in [0, 0.05) is 12.2 Å². The summed E-state index contributed by atoms with van der Waals surface area (Å²) in [5, 5.41) is 3.99. The van der Waals surface area contributed by atoms with E-state index >= 15 is 0 Å². The van der Waals surface area contributed by atoms with E-state index in [2.05, 4.69) is 25.3 Å². The third-order valence-electron chi connectivity index (χ3n) is 4.97. The van der Waals surface area contributed by atoms with Crippen molar-refractivity contribution in [2.75, 3.05) is 25.1 Å². The fourth-order valence-corrected chi connectivity index (χ4v) is 4.27. The lowest BCUT2D eigenvalue weighted by Crippen LogP contribution is -2.47. The topological polar surface area (TPSA) is 116 Å². The Morgan fingerprint density at radius 1 is 1.31 bits per heavy atom. The number of aromatic amines is 2. The van der Waals surface area contributed by atoms with E-state index in [1.807, 2.05) is 25.1 Å². The van der Waals surface area contributed by atoms with Gasteiger partial charge in [-0.25, -0.2) is 9.97 Å². The molecule has 1 amide bonds. The van der Waals surface area contributed by atoms with Crippen LogP contribution in [-0.2, 0) is 4.74 Å². The van der Waals surface area contributed by atoms with E-state index in [4.69, 9.17) is 4.74 Å². The van der Waals surface area contributed by atoms with Crippen LogP contribution < -0.4 is 10.2 Å². The molecule has 0 bridgehead atoms. The zero-order valence-corrected chi connectivity index (χ0v) is 16.4. The van der Waals surface area contributed by atoms with Gasteiger partial charge in [0.25, 0.3) is 5.91 Å². The average molecular weight is 410 g/mol. The van der Waals surface area contributed by atoms with Crippen molar-refractivity contribution in [3.63, 3.8) is 0 Å². The van der Waals surface area contributed by atoms with Crippen LogP contribution in [0.3, 0.4) is 0 Å². The van der Waals surface area contributed by atoms with E-state index in [1.54, 1.807) is 11.0 Å². The molecular weight excluding hydrogens is 392 g/mol. The molecule has 5 rings (SSSR count). The number of fused-ring (bicyclic) bond motifs is 2. The van der Waals surface area contributed by atoms with Crippen molar-refractivity contribution in [3.05, 3.63) is 46.0 Å². The first-order valence-corrected chi connectivity index (χ1v) is 10.0. The van der Waals surface area contributed by atoms with Gasteiger partial charge in [-0.15, -0.1) is 0 Å². The van der Waals surface area contributed by atoms with E-state index < -0.39 is 0 Å². The van der Waals surface area contributed by atoms with Crippen molar-refractivity contribution in [2.24, 2.45) is 0 Å².